The van der Waals surface area contributed by atoms with Gasteiger partial charge in [0.05, 0.1) is 7.11 Å². The molecule has 0 aliphatic heterocycles. The summed E-state index contributed by atoms with van der Waals surface area (Å²) < 4.78 is 6.21. The SMILES string of the molecule is CNC(Cc1ccc(OC)cc1)c1cc(Br)ccc1Cl. The first-order chi connectivity index (χ1) is 9.63. The third kappa shape index (κ3) is 3.75. The van der Waals surface area contributed by atoms with Gasteiger partial charge in [-0.25, -0.2) is 0 Å². The number of halogens is 2. The summed E-state index contributed by atoms with van der Waals surface area (Å²) in [6.07, 6.45) is 0.872. The summed E-state index contributed by atoms with van der Waals surface area (Å²) >= 11 is 9.80. The van der Waals surface area contributed by atoms with Crippen LogP contribution in [-0.2, 0) is 6.42 Å². The molecule has 1 atom stereocenters. The molecule has 0 bridgehead atoms. The summed E-state index contributed by atoms with van der Waals surface area (Å²) in [5.41, 5.74) is 2.33. The van der Waals surface area contributed by atoms with E-state index in [0.717, 1.165) is 27.2 Å². The summed E-state index contributed by atoms with van der Waals surface area (Å²) in [5, 5.41) is 4.11. The average molecular weight is 355 g/mol. The zero-order valence-electron chi connectivity index (χ0n) is 11.5. The predicted octanol–water partition coefficient (Wildman–Crippen LogP) is 4.61. The Kier molecular flexibility index (Phi) is 5.46. The molecule has 1 unspecified atom stereocenters. The Balaban J connectivity index is 2.21. The van der Waals surface area contributed by atoms with Crippen LogP contribution in [0.15, 0.2) is 46.9 Å². The summed E-state index contributed by atoms with van der Waals surface area (Å²) in [6.45, 7) is 0. The number of nitrogens with one attached hydrogen (secondary N) is 1. The van der Waals surface area contributed by atoms with Gasteiger partial charge in [-0.3, -0.25) is 0 Å². The van der Waals surface area contributed by atoms with Crippen LogP contribution >= 0.6 is 27.5 Å². The van der Waals surface area contributed by atoms with Crippen molar-refractivity contribution in [1.29, 1.82) is 0 Å². The third-order valence-electron chi connectivity index (χ3n) is 3.28. The van der Waals surface area contributed by atoms with Gasteiger partial charge in [-0.15, -0.1) is 0 Å². The van der Waals surface area contributed by atoms with Crippen LogP contribution in [0.25, 0.3) is 0 Å². The van der Waals surface area contributed by atoms with Crippen LogP contribution in [0.5, 0.6) is 5.75 Å². The van der Waals surface area contributed by atoms with Gasteiger partial charge in [-0.05, 0) is 54.9 Å². The molecular formula is C16H17BrClNO. The highest BCUT2D eigenvalue weighted by atomic mass is 79.9. The van der Waals surface area contributed by atoms with E-state index in [1.54, 1.807) is 7.11 Å². The van der Waals surface area contributed by atoms with Gasteiger partial charge in [0.25, 0.3) is 0 Å². The molecule has 2 nitrogen and oxygen atoms in total. The molecule has 0 aromatic heterocycles. The van der Waals surface area contributed by atoms with Gasteiger partial charge in [-0.1, -0.05) is 39.7 Å². The van der Waals surface area contributed by atoms with Crippen LogP contribution < -0.4 is 10.1 Å². The first-order valence-corrected chi connectivity index (χ1v) is 7.56. The van der Waals surface area contributed by atoms with Crippen LogP contribution in [0, 0.1) is 0 Å². The Hall–Kier alpha value is -1.03. The van der Waals surface area contributed by atoms with Crippen LogP contribution in [0.3, 0.4) is 0 Å². The first kappa shape index (κ1) is 15.4. The molecule has 106 valence electrons. The highest BCUT2D eigenvalue weighted by Crippen LogP contribution is 2.29. The van der Waals surface area contributed by atoms with E-state index in [-0.39, 0.29) is 6.04 Å². The van der Waals surface area contributed by atoms with Gasteiger partial charge < -0.3 is 10.1 Å². The number of methoxy groups -OCH3 is 1. The lowest BCUT2D eigenvalue weighted by Crippen LogP contribution is -2.19. The van der Waals surface area contributed by atoms with Crippen LogP contribution in [0.1, 0.15) is 17.2 Å². The van der Waals surface area contributed by atoms with Crippen molar-refractivity contribution < 1.29 is 4.74 Å². The molecule has 0 saturated heterocycles. The first-order valence-electron chi connectivity index (χ1n) is 6.39. The van der Waals surface area contributed by atoms with Crippen molar-refractivity contribution in [3.05, 3.63) is 63.1 Å². The lowest BCUT2D eigenvalue weighted by atomic mass is 9.99. The van der Waals surface area contributed by atoms with Gasteiger partial charge in [-0.2, -0.15) is 0 Å². The van der Waals surface area contributed by atoms with E-state index in [2.05, 4.69) is 39.4 Å². The minimum atomic E-state index is 0.174. The molecule has 1 N–H and O–H groups in total. The van der Waals surface area contributed by atoms with E-state index >= 15 is 0 Å². The van der Waals surface area contributed by atoms with E-state index in [0.29, 0.717) is 0 Å². The predicted molar refractivity (Wildman–Crippen MR) is 87.7 cm³/mol. The molecule has 0 radical (unpaired) electrons. The molecule has 0 aliphatic carbocycles. The Morgan fingerprint density at radius 1 is 1.20 bits per heavy atom. The van der Waals surface area contributed by atoms with E-state index in [1.807, 2.05) is 31.3 Å². The number of ether oxygens (including phenoxy) is 1. The topological polar surface area (TPSA) is 21.3 Å². The van der Waals surface area contributed by atoms with Crippen molar-refractivity contribution in [2.45, 2.75) is 12.5 Å². The number of hydrogen-bond acceptors (Lipinski definition) is 2. The van der Waals surface area contributed by atoms with Crippen molar-refractivity contribution in [3.8, 4) is 5.75 Å². The van der Waals surface area contributed by atoms with Gasteiger partial charge in [0.15, 0.2) is 0 Å². The quantitative estimate of drug-likeness (QED) is 0.846. The maximum absolute atomic E-state index is 6.30. The smallest absolute Gasteiger partial charge is 0.118 e. The number of rotatable bonds is 5. The van der Waals surface area contributed by atoms with Crippen molar-refractivity contribution >= 4 is 27.5 Å². The second-order valence-corrected chi connectivity index (χ2v) is 5.88. The van der Waals surface area contributed by atoms with Crippen molar-refractivity contribution in [2.24, 2.45) is 0 Å². The van der Waals surface area contributed by atoms with Gasteiger partial charge in [0, 0.05) is 15.5 Å². The van der Waals surface area contributed by atoms with Crippen LogP contribution in [-0.4, -0.2) is 14.2 Å². The lowest BCUT2D eigenvalue weighted by molar-refractivity contribution is 0.414. The molecular weight excluding hydrogens is 338 g/mol. The zero-order valence-corrected chi connectivity index (χ0v) is 13.8. The molecule has 2 rings (SSSR count). The van der Waals surface area contributed by atoms with Crippen LogP contribution in [0.4, 0.5) is 0 Å². The number of benzene rings is 2. The Bertz CT molecular complexity index is 571. The standard InChI is InChI=1S/C16H17BrClNO/c1-19-16(14-10-12(17)5-8-15(14)18)9-11-3-6-13(20-2)7-4-11/h3-8,10,16,19H,9H2,1-2H3. The number of likely N-dealkylation sites (N-methyl/N-ethyl adjacent to an activating group) is 1. The number of hydrogen-bond donors (Lipinski definition) is 1. The summed E-state index contributed by atoms with van der Waals surface area (Å²) in [5.74, 6) is 0.871. The highest BCUT2D eigenvalue weighted by molar-refractivity contribution is 9.10. The average Bonchev–Trinajstić information content (AvgIpc) is 2.48. The second kappa shape index (κ2) is 7.11. The summed E-state index contributed by atoms with van der Waals surface area (Å²) in [7, 11) is 3.62. The van der Waals surface area contributed by atoms with Gasteiger partial charge in [0.2, 0.25) is 0 Å². The maximum Gasteiger partial charge on any atom is 0.118 e. The highest BCUT2D eigenvalue weighted by Gasteiger charge is 2.14. The fraction of sp³-hybridized carbons (Fsp3) is 0.250. The van der Waals surface area contributed by atoms with Gasteiger partial charge in [0.1, 0.15) is 5.75 Å². The summed E-state index contributed by atoms with van der Waals surface area (Å²) in [4.78, 5) is 0. The largest absolute Gasteiger partial charge is 0.497 e. The third-order valence-corrected chi connectivity index (χ3v) is 4.12. The Morgan fingerprint density at radius 2 is 1.90 bits per heavy atom. The second-order valence-electron chi connectivity index (χ2n) is 4.56. The Morgan fingerprint density at radius 3 is 2.50 bits per heavy atom. The van der Waals surface area contributed by atoms with Gasteiger partial charge >= 0.3 is 0 Å². The van der Waals surface area contributed by atoms with Crippen molar-refractivity contribution in [3.63, 3.8) is 0 Å². The fourth-order valence-electron chi connectivity index (χ4n) is 2.15. The van der Waals surface area contributed by atoms with E-state index < -0.39 is 0 Å². The molecule has 0 aliphatic rings. The monoisotopic (exact) mass is 353 g/mol. The van der Waals surface area contributed by atoms with E-state index in [4.69, 9.17) is 16.3 Å². The molecule has 0 saturated carbocycles. The molecule has 2 aromatic carbocycles. The summed E-state index contributed by atoms with van der Waals surface area (Å²) in [6, 6.07) is 14.2. The lowest BCUT2D eigenvalue weighted by Gasteiger charge is -2.18. The molecule has 0 fully saturated rings. The Labute approximate surface area is 133 Å². The molecule has 0 amide bonds. The maximum atomic E-state index is 6.30. The molecule has 20 heavy (non-hydrogen) atoms. The fourth-order valence-corrected chi connectivity index (χ4v) is 2.77. The van der Waals surface area contributed by atoms with Crippen molar-refractivity contribution in [1.82, 2.24) is 5.32 Å². The minimum Gasteiger partial charge on any atom is -0.497 e. The molecule has 2 aromatic rings. The normalized spacial score (nSPS) is 12.2. The zero-order chi connectivity index (χ0) is 14.5. The molecule has 0 heterocycles. The molecule has 0 spiro atoms. The minimum absolute atomic E-state index is 0.174. The van der Waals surface area contributed by atoms with E-state index in [1.165, 1.54) is 5.56 Å². The van der Waals surface area contributed by atoms with Crippen LogP contribution in [0.2, 0.25) is 5.02 Å². The molecule has 4 heteroatoms. The van der Waals surface area contributed by atoms with E-state index in [9.17, 15) is 0 Å². The van der Waals surface area contributed by atoms with Crippen molar-refractivity contribution in [2.75, 3.05) is 14.2 Å².